The van der Waals surface area contributed by atoms with Gasteiger partial charge in [-0.25, -0.2) is 0 Å². The van der Waals surface area contributed by atoms with E-state index in [0.29, 0.717) is 32.0 Å². The summed E-state index contributed by atoms with van der Waals surface area (Å²) in [6.45, 7) is 5.00. The molecule has 0 amide bonds. The fourth-order valence-electron chi connectivity index (χ4n) is 2.79. The summed E-state index contributed by atoms with van der Waals surface area (Å²) in [5.74, 6) is 0.637. The van der Waals surface area contributed by atoms with Crippen molar-refractivity contribution in [3.8, 4) is 0 Å². The van der Waals surface area contributed by atoms with E-state index in [1.165, 1.54) is 9.78 Å². The van der Waals surface area contributed by atoms with Crippen molar-refractivity contribution in [3.63, 3.8) is 0 Å². The number of hydrogen-bond donors (Lipinski definition) is 2. The summed E-state index contributed by atoms with van der Waals surface area (Å²) in [6.07, 6.45) is -3.45. The molecule has 0 saturated carbocycles. The third kappa shape index (κ3) is 5.66. The van der Waals surface area contributed by atoms with Gasteiger partial charge in [0.25, 0.3) is 0 Å². The number of thiophene rings is 1. The van der Waals surface area contributed by atoms with Gasteiger partial charge in [-0.15, -0.1) is 11.3 Å². The quantitative estimate of drug-likeness (QED) is 0.625. The van der Waals surface area contributed by atoms with E-state index in [2.05, 4.69) is 40.9 Å². The SMILES string of the molecule is CN=C(NCC(C)(C)c1cccs1)NC1CCN(CC(F)(F)F)C1. The number of rotatable bonds is 5. The van der Waals surface area contributed by atoms with Crippen molar-refractivity contribution < 1.29 is 13.2 Å². The second kappa shape index (κ2) is 7.74. The van der Waals surface area contributed by atoms with Crippen molar-refractivity contribution in [1.29, 1.82) is 0 Å². The Morgan fingerprint density at radius 1 is 1.42 bits per heavy atom. The average molecular weight is 362 g/mol. The van der Waals surface area contributed by atoms with Crippen LogP contribution in [0.1, 0.15) is 25.1 Å². The van der Waals surface area contributed by atoms with Crippen LogP contribution >= 0.6 is 11.3 Å². The zero-order valence-electron chi connectivity index (χ0n) is 14.3. The lowest BCUT2D eigenvalue weighted by molar-refractivity contribution is -0.143. The highest BCUT2D eigenvalue weighted by Crippen LogP contribution is 2.26. The molecule has 2 N–H and O–H groups in total. The summed E-state index contributed by atoms with van der Waals surface area (Å²) < 4.78 is 37.4. The summed E-state index contributed by atoms with van der Waals surface area (Å²) >= 11 is 1.71. The average Bonchev–Trinajstić information content (AvgIpc) is 3.13. The van der Waals surface area contributed by atoms with E-state index in [9.17, 15) is 13.2 Å². The van der Waals surface area contributed by atoms with Gasteiger partial charge in [0.1, 0.15) is 0 Å². The standard InChI is InChI=1S/C16H25F3N4S/c1-15(2,13-5-4-8-24-13)10-21-14(20-3)22-12-6-7-23(9-12)11-16(17,18)19/h4-5,8,12H,6-7,9-11H2,1-3H3,(H2,20,21,22). The molecule has 8 heteroatoms. The van der Waals surface area contributed by atoms with Crippen molar-refractivity contribution >= 4 is 17.3 Å². The van der Waals surface area contributed by atoms with Gasteiger partial charge >= 0.3 is 6.18 Å². The van der Waals surface area contributed by atoms with Crippen LogP contribution in [0.2, 0.25) is 0 Å². The zero-order valence-corrected chi connectivity index (χ0v) is 15.1. The van der Waals surface area contributed by atoms with Crippen molar-refractivity contribution in [2.45, 2.75) is 37.9 Å². The Balaban J connectivity index is 1.81. The molecule has 1 unspecified atom stereocenters. The Bertz CT molecular complexity index is 540. The van der Waals surface area contributed by atoms with Gasteiger partial charge in [0.05, 0.1) is 6.54 Å². The molecule has 0 aromatic carbocycles. The first-order valence-electron chi connectivity index (χ1n) is 8.00. The topological polar surface area (TPSA) is 39.7 Å². The summed E-state index contributed by atoms with van der Waals surface area (Å²) in [5.41, 5.74) is -0.0379. The van der Waals surface area contributed by atoms with Crippen molar-refractivity contribution in [3.05, 3.63) is 22.4 Å². The maximum absolute atomic E-state index is 12.5. The number of guanidine groups is 1. The number of aliphatic imine (C=N–C) groups is 1. The lowest BCUT2D eigenvalue weighted by atomic mass is 9.91. The van der Waals surface area contributed by atoms with Crippen LogP contribution in [0.15, 0.2) is 22.5 Å². The predicted molar refractivity (Wildman–Crippen MR) is 92.7 cm³/mol. The summed E-state index contributed by atoms with van der Waals surface area (Å²) in [7, 11) is 1.68. The molecule has 1 aliphatic rings. The zero-order chi connectivity index (χ0) is 17.8. The molecule has 1 aromatic rings. The van der Waals surface area contributed by atoms with Gasteiger partial charge in [-0.3, -0.25) is 9.89 Å². The lowest BCUT2D eigenvalue weighted by Gasteiger charge is -2.26. The second-order valence-electron chi connectivity index (χ2n) is 6.77. The molecule has 1 aliphatic heterocycles. The van der Waals surface area contributed by atoms with E-state index >= 15 is 0 Å². The van der Waals surface area contributed by atoms with Crippen molar-refractivity contribution in [2.24, 2.45) is 4.99 Å². The van der Waals surface area contributed by atoms with Gasteiger partial charge < -0.3 is 10.6 Å². The summed E-state index contributed by atoms with van der Waals surface area (Å²) in [5, 5.41) is 8.58. The van der Waals surface area contributed by atoms with Gasteiger partial charge in [-0.05, 0) is 17.9 Å². The van der Waals surface area contributed by atoms with Crippen LogP contribution < -0.4 is 10.6 Å². The first-order chi connectivity index (χ1) is 11.2. The highest BCUT2D eigenvalue weighted by atomic mass is 32.1. The summed E-state index contributed by atoms with van der Waals surface area (Å²) in [6, 6.07) is 4.13. The van der Waals surface area contributed by atoms with E-state index in [4.69, 9.17) is 0 Å². The highest BCUT2D eigenvalue weighted by molar-refractivity contribution is 7.10. The molecule has 0 bridgehead atoms. The maximum Gasteiger partial charge on any atom is 0.401 e. The Kier molecular flexibility index (Phi) is 6.14. The molecular weight excluding hydrogens is 337 g/mol. The van der Waals surface area contributed by atoms with E-state index in [0.717, 1.165) is 0 Å². The van der Waals surface area contributed by atoms with E-state index in [-0.39, 0.29) is 11.5 Å². The number of alkyl halides is 3. The molecule has 2 heterocycles. The van der Waals surface area contributed by atoms with Crippen LogP contribution in [0.4, 0.5) is 13.2 Å². The second-order valence-corrected chi connectivity index (χ2v) is 7.71. The highest BCUT2D eigenvalue weighted by Gasteiger charge is 2.34. The molecule has 0 radical (unpaired) electrons. The maximum atomic E-state index is 12.5. The van der Waals surface area contributed by atoms with Gasteiger partial charge in [-0.1, -0.05) is 19.9 Å². The smallest absolute Gasteiger partial charge is 0.356 e. The fourth-order valence-corrected chi connectivity index (χ4v) is 3.64. The molecule has 1 fully saturated rings. The van der Waals surface area contributed by atoms with Crippen LogP contribution in [0.3, 0.4) is 0 Å². The van der Waals surface area contributed by atoms with Gasteiger partial charge in [0.15, 0.2) is 5.96 Å². The van der Waals surface area contributed by atoms with Crippen LogP contribution in [0.5, 0.6) is 0 Å². The molecule has 2 rings (SSSR count). The van der Waals surface area contributed by atoms with Gasteiger partial charge in [-0.2, -0.15) is 13.2 Å². The van der Waals surface area contributed by atoms with Crippen molar-refractivity contribution in [1.82, 2.24) is 15.5 Å². The number of hydrogen-bond acceptors (Lipinski definition) is 3. The molecule has 0 spiro atoms. The normalized spacial score (nSPS) is 20.4. The molecule has 1 atom stereocenters. The van der Waals surface area contributed by atoms with Crippen LogP contribution in [-0.2, 0) is 5.41 Å². The van der Waals surface area contributed by atoms with Crippen molar-refractivity contribution in [2.75, 3.05) is 33.2 Å². The molecule has 1 aromatic heterocycles. The van der Waals surface area contributed by atoms with Crippen LogP contribution in [-0.4, -0.2) is 56.3 Å². The van der Waals surface area contributed by atoms with Crippen LogP contribution in [0, 0.1) is 0 Å². The predicted octanol–water partition coefficient (Wildman–Crippen LogP) is 2.83. The Hall–Kier alpha value is -1.28. The fraction of sp³-hybridized carbons (Fsp3) is 0.688. The summed E-state index contributed by atoms with van der Waals surface area (Å²) in [4.78, 5) is 6.90. The third-order valence-electron chi connectivity index (χ3n) is 4.13. The van der Waals surface area contributed by atoms with E-state index < -0.39 is 12.7 Å². The molecule has 136 valence electrons. The monoisotopic (exact) mass is 362 g/mol. The first-order valence-corrected chi connectivity index (χ1v) is 8.88. The Morgan fingerprint density at radius 3 is 2.75 bits per heavy atom. The van der Waals surface area contributed by atoms with E-state index in [1.54, 1.807) is 18.4 Å². The minimum atomic E-state index is -4.14. The first kappa shape index (κ1) is 19.1. The minimum absolute atomic E-state index is 0.0107. The largest absolute Gasteiger partial charge is 0.401 e. The lowest BCUT2D eigenvalue weighted by Crippen LogP contribution is -2.48. The third-order valence-corrected chi connectivity index (χ3v) is 5.36. The number of likely N-dealkylation sites (tertiary alicyclic amines) is 1. The molecule has 24 heavy (non-hydrogen) atoms. The number of halogens is 3. The van der Waals surface area contributed by atoms with E-state index in [1.807, 2.05) is 6.07 Å². The molecule has 1 saturated heterocycles. The molecule has 0 aliphatic carbocycles. The van der Waals surface area contributed by atoms with Gasteiger partial charge in [0, 0.05) is 43.0 Å². The number of nitrogens with one attached hydrogen (secondary N) is 2. The minimum Gasteiger partial charge on any atom is -0.356 e. The van der Waals surface area contributed by atoms with Crippen LogP contribution in [0.25, 0.3) is 0 Å². The number of nitrogens with zero attached hydrogens (tertiary/aromatic N) is 2. The molecule has 4 nitrogen and oxygen atoms in total. The molecular formula is C16H25F3N4S. The van der Waals surface area contributed by atoms with Gasteiger partial charge in [0.2, 0.25) is 0 Å². The Morgan fingerprint density at radius 2 is 2.17 bits per heavy atom. The Labute approximate surface area is 145 Å².